The summed E-state index contributed by atoms with van der Waals surface area (Å²) in [5.74, 6) is 0.502. The lowest BCUT2D eigenvalue weighted by molar-refractivity contribution is -0.134. The molecule has 0 unspecified atom stereocenters. The molecule has 0 heterocycles. The first-order valence-electron chi connectivity index (χ1n) is 5.62. The molecule has 17 heavy (non-hydrogen) atoms. The summed E-state index contributed by atoms with van der Waals surface area (Å²) < 4.78 is 2.91. The summed E-state index contributed by atoms with van der Waals surface area (Å²) in [4.78, 5) is 24.2. The Morgan fingerprint density at radius 1 is 1.53 bits per heavy atom. The summed E-state index contributed by atoms with van der Waals surface area (Å²) in [7, 11) is 1.81. The van der Waals surface area contributed by atoms with Crippen molar-refractivity contribution >= 4 is 24.3 Å². The van der Waals surface area contributed by atoms with Gasteiger partial charge in [0.05, 0.1) is 0 Å². The maximum absolute atomic E-state index is 12.1. The van der Waals surface area contributed by atoms with E-state index in [2.05, 4.69) is 4.72 Å². The second kappa shape index (κ2) is 7.29. The lowest BCUT2D eigenvalue weighted by atomic mass is 9.98. The Kier molecular flexibility index (Phi) is 6.00. The van der Waals surface area contributed by atoms with Gasteiger partial charge in [0.25, 0.3) is 5.91 Å². The van der Waals surface area contributed by atoms with E-state index in [1.807, 2.05) is 26.1 Å². The van der Waals surface area contributed by atoms with Crippen molar-refractivity contribution in [1.82, 2.24) is 9.62 Å². The third-order valence-electron chi connectivity index (χ3n) is 2.59. The lowest BCUT2D eigenvalue weighted by Gasteiger charge is -2.19. The molecule has 0 atom stereocenters. The van der Waals surface area contributed by atoms with Crippen LogP contribution in [0.3, 0.4) is 0 Å². The molecule has 0 aromatic heterocycles. The van der Waals surface area contributed by atoms with Crippen LogP contribution < -0.4 is 4.72 Å². The summed E-state index contributed by atoms with van der Waals surface area (Å²) in [6.07, 6.45) is 6.41. The Hall–Kier alpha value is -1.07. The van der Waals surface area contributed by atoms with Crippen LogP contribution in [-0.2, 0) is 9.59 Å². The molecule has 0 bridgehead atoms. The van der Waals surface area contributed by atoms with Crippen LogP contribution in [0.15, 0.2) is 23.3 Å². The van der Waals surface area contributed by atoms with E-state index in [1.165, 1.54) is 16.8 Å². The molecule has 0 radical (unpaired) electrons. The highest BCUT2D eigenvalue weighted by Crippen LogP contribution is 2.19. The van der Waals surface area contributed by atoms with Gasteiger partial charge in [0.2, 0.25) is 6.41 Å². The van der Waals surface area contributed by atoms with Crippen LogP contribution >= 0.6 is 11.9 Å². The van der Waals surface area contributed by atoms with Crippen molar-refractivity contribution in [3.05, 3.63) is 23.3 Å². The summed E-state index contributed by atoms with van der Waals surface area (Å²) in [6.45, 7) is 2.34. The third-order valence-corrected chi connectivity index (χ3v) is 3.26. The van der Waals surface area contributed by atoms with Gasteiger partial charge in [-0.25, -0.2) is 0 Å². The van der Waals surface area contributed by atoms with Crippen LogP contribution in [-0.4, -0.2) is 36.6 Å². The standard InChI is InChI=1S/C12H18N2O2S/c1-10-5-3-4-6-11(10)12(16)14(9-15)7-8-17-13-2/h5-6,9,13H,3-4,7-8H2,1-2H3. The zero-order chi connectivity index (χ0) is 12.7. The summed E-state index contributed by atoms with van der Waals surface area (Å²) in [5.41, 5.74) is 1.63. The number of carbonyl (C=O) groups is 2. The Labute approximate surface area is 106 Å². The van der Waals surface area contributed by atoms with E-state index in [0.29, 0.717) is 24.3 Å². The maximum Gasteiger partial charge on any atom is 0.260 e. The van der Waals surface area contributed by atoms with Crippen molar-refractivity contribution in [2.75, 3.05) is 19.3 Å². The smallest absolute Gasteiger partial charge is 0.260 e. The van der Waals surface area contributed by atoms with Crippen LogP contribution in [0.5, 0.6) is 0 Å². The molecule has 1 rings (SSSR count). The zero-order valence-corrected chi connectivity index (χ0v) is 11.0. The van der Waals surface area contributed by atoms with E-state index in [0.717, 1.165) is 18.4 Å². The van der Waals surface area contributed by atoms with Gasteiger partial charge < -0.3 is 0 Å². The second-order valence-corrected chi connectivity index (χ2v) is 4.84. The highest BCUT2D eigenvalue weighted by Gasteiger charge is 2.19. The van der Waals surface area contributed by atoms with E-state index >= 15 is 0 Å². The molecule has 0 aromatic rings. The van der Waals surface area contributed by atoms with Gasteiger partial charge in [-0.3, -0.25) is 19.2 Å². The summed E-state index contributed by atoms with van der Waals surface area (Å²) in [5, 5.41) is 0. The zero-order valence-electron chi connectivity index (χ0n) is 10.2. The van der Waals surface area contributed by atoms with Crippen LogP contribution in [0, 0.1) is 0 Å². The van der Waals surface area contributed by atoms with Crippen molar-refractivity contribution in [1.29, 1.82) is 0 Å². The fraction of sp³-hybridized carbons (Fsp3) is 0.500. The van der Waals surface area contributed by atoms with Gasteiger partial charge in [-0.15, -0.1) is 0 Å². The van der Waals surface area contributed by atoms with Crippen molar-refractivity contribution in [3.8, 4) is 0 Å². The van der Waals surface area contributed by atoms with Gasteiger partial charge in [0.1, 0.15) is 0 Å². The number of hydrogen-bond acceptors (Lipinski definition) is 4. The summed E-state index contributed by atoms with van der Waals surface area (Å²) in [6, 6.07) is 0. The van der Waals surface area contributed by atoms with Gasteiger partial charge in [-0.2, -0.15) is 0 Å². The van der Waals surface area contributed by atoms with E-state index in [4.69, 9.17) is 0 Å². The molecule has 0 saturated heterocycles. The molecule has 0 aliphatic heterocycles. The molecule has 0 spiro atoms. The number of carbonyl (C=O) groups excluding carboxylic acids is 2. The second-order valence-electron chi connectivity index (χ2n) is 3.74. The van der Waals surface area contributed by atoms with Crippen LogP contribution in [0.1, 0.15) is 19.8 Å². The fourth-order valence-electron chi connectivity index (χ4n) is 1.66. The molecule has 1 aliphatic carbocycles. The number of imide groups is 1. The molecular formula is C12H18N2O2S. The SMILES string of the molecule is CNSCCN(C=O)C(=O)C1=CCCC=C1C. The predicted molar refractivity (Wildman–Crippen MR) is 70.4 cm³/mol. The Bertz CT molecular complexity index is 350. The van der Waals surface area contributed by atoms with Crippen molar-refractivity contribution in [3.63, 3.8) is 0 Å². The van der Waals surface area contributed by atoms with Gasteiger partial charge >= 0.3 is 0 Å². The third kappa shape index (κ3) is 4.02. The van der Waals surface area contributed by atoms with Crippen molar-refractivity contribution in [2.24, 2.45) is 0 Å². The highest BCUT2D eigenvalue weighted by molar-refractivity contribution is 7.97. The normalized spacial score (nSPS) is 14.9. The van der Waals surface area contributed by atoms with Gasteiger partial charge in [-0.05, 0) is 32.4 Å². The van der Waals surface area contributed by atoms with E-state index in [9.17, 15) is 9.59 Å². The first-order valence-corrected chi connectivity index (χ1v) is 6.61. The highest BCUT2D eigenvalue weighted by atomic mass is 32.2. The molecule has 1 aliphatic rings. The number of amides is 2. The Balaban J connectivity index is 2.62. The number of allylic oxidation sites excluding steroid dienone is 2. The molecule has 5 heteroatoms. The van der Waals surface area contributed by atoms with Crippen molar-refractivity contribution in [2.45, 2.75) is 19.8 Å². The molecule has 0 aromatic carbocycles. The number of nitrogens with zero attached hydrogens (tertiary/aromatic N) is 1. The summed E-state index contributed by atoms with van der Waals surface area (Å²) >= 11 is 1.48. The monoisotopic (exact) mass is 254 g/mol. The quantitative estimate of drug-likeness (QED) is 0.443. The average molecular weight is 254 g/mol. The number of nitrogens with one attached hydrogen (secondary N) is 1. The van der Waals surface area contributed by atoms with Crippen LogP contribution in [0.4, 0.5) is 0 Å². The predicted octanol–water partition coefficient (Wildman–Crippen LogP) is 1.51. The molecule has 4 nitrogen and oxygen atoms in total. The number of hydrogen-bond donors (Lipinski definition) is 1. The first-order chi connectivity index (χ1) is 8.20. The van der Waals surface area contributed by atoms with Gasteiger partial charge in [0.15, 0.2) is 0 Å². The van der Waals surface area contributed by atoms with Gasteiger partial charge in [-0.1, -0.05) is 24.1 Å². The van der Waals surface area contributed by atoms with Crippen LogP contribution in [0.2, 0.25) is 0 Å². The molecular weight excluding hydrogens is 236 g/mol. The molecule has 0 fully saturated rings. The average Bonchev–Trinajstić information content (AvgIpc) is 2.35. The number of rotatable bonds is 6. The van der Waals surface area contributed by atoms with E-state index in [1.54, 1.807) is 0 Å². The molecule has 94 valence electrons. The van der Waals surface area contributed by atoms with E-state index in [-0.39, 0.29) is 5.91 Å². The fourth-order valence-corrected chi connectivity index (χ4v) is 2.15. The first kappa shape index (κ1) is 14.0. The molecule has 1 N–H and O–H groups in total. The Morgan fingerprint density at radius 3 is 2.82 bits per heavy atom. The van der Waals surface area contributed by atoms with Gasteiger partial charge in [0, 0.05) is 17.9 Å². The van der Waals surface area contributed by atoms with Crippen molar-refractivity contribution < 1.29 is 9.59 Å². The topological polar surface area (TPSA) is 49.4 Å². The minimum atomic E-state index is -0.190. The Morgan fingerprint density at radius 2 is 2.24 bits per heavy atom. The molecule has 0 saturated carbocycles. The maximum atomic E-state index is 12.1. The van der Waals surface area contributed by atoms with Crippen LogP contribution in [0.25, 0.3) is 0 Å². The minimum absolute atomic E-state index is 0.190. The molecule has 2 amide bonds. The minimum Gasteiger partial charge on any atom is -0.280 e. The lowest BCUT2D eigenvalue weighted by Crippen LogP contribution is -2.33. The van der Waals surface area contributed by atoms with E-state index < -0.39 is 0 Å². The largest absolute Gasteiger partial charge is 0.280 e.